The number of ether oxygens (including phenoxy) is 4. The van der Waals surface area contributed by atoms with Gasteiger partial charge in [-0.1, -0.05) is 23.7 Å². The minimum Gasteiger partial charge on any atom is -0.490 e. The first-order valence-corrected chi connectivity index (χ1v) is 12.0. The topological polar surface area (TPSA) is 104 Å². The lowest BCUT2D eigenvalue weighted by Crippen LogP contribution is -2.25. The molecule has 7 nitrogen and oxygen atoms in total. The summed E-state index contributed by atoms with van der Waals surface area (Å²) in [5.41, 5.74) is 7.90. The number of esters is 1. The van der Waals surface area contributed by atoms with Crippen molar-refractivity contribution in [2.75, 3.05) is 13.2 Å². The fourth-order valence-corrected chi connectivity index (χ4v) is 4.62. The second-order valence-corrected chi connectivity index (χ2v) is 8.90. The Kier molecular flexibility index (Phi) is 8.69. The second kappa shape index (κ2) is 11.5. The molecule has 0 bridgehead atoms. The van der Waals surface area contributed by atoms with E-state index in [1.54, 1.807) is 26.0 Å². The van der Waals surface area contributed by atoms with Crippen LogP contribution in [-0.2, 0) is 20.9 Å². The van der Waals surface area contributed by atoms with Gasteiger partial charge in [0.05, 0.1) is 28.3 Å². The molecule has 1 aliphatic rings. The van der Waals surface area contributed by atoms with E-state index in [1.807, 2.05) is 31.2 Å². The third-order valence-electron chi connectivity index (χ3n) is 5.04. The highest BCUT2D eigenvalue weighted by Gasteiger charge is 2.37. The zero-order valence-corrected chi connectivity index (χ0v) is 21.9. The summed E-state index contributed by atoms with van der Waals surface area (Å²) in [7, 11) is 0. The van der Waals surface area contributed by atoms with Crippen LogP contribution in [0.15, 0.2) is 59.2 Å². The first-order chi connectivity index (χ1) is 16.3. The summed E-state index contributed by atoms with van der Waals surface area (Å²) < 4.78 is 23.4. The average Bonchev–Trinajstić information content (AvgIpc) is 2.78. The van der Waals surface area contributed by atoms with Crippen molar-refractivity contribution in [1.29, 1.82) is 5.26 Å². The van der Waals surface area contributed by atoms with E-state index >= 15 is 0 Å². The third-order valence-corrected chi connectivity index (χ3v) is 6.07. The first-order valence-electron chi connectivity index (χ1n) is 10.6. The molecular weight excluding hydrogens is 571 g/mol. The first kappa shape index (κ1) is 25.7. The van der Waals surface area contributed by atoms with Crippen LogP contribution in [0.25, 0.3) is 0 Å². The lowest BCUT2D eigenvalue weighted by atomic mass is 9.83. The molecule has 0 fully saturated rings. The van der Waals surface area contributed by atoms with Gasteiger partial charge in [0.2, 0.25) is 5.88 Å². The van der Waals surface area contributed by atoms with Gasteiger partial charge in [-0.15, -0.1) is 0 Å². The Morgan fingerprint density at radius 3 is 2.65 bits per heavy atom. The van der Waals surface area contributed by atoms with Crippen LogP contribution in [0.5, 0.6) is 11.5 Å². The highest BCUT2D eigenvalue weighted by molar-refractivity contribution is 14.1. The van der Waals surface area contributed by atoms with E-state index in [1.165, 1.54) is 0 Å². The van der Waals surface area contributed by atoms with Crippen molar-refractivity contribution < 1.29 is 23.7 Å². The summed E-state index contributed by atoms with van der Waals surface area (Å²) >= 11 is 8.23. The zero-order valence-electron chi connectivity index (χ0n) is 19.0. The van der Waals surface area contributed by atoms with Crippen molar-refractivity contribution in [2.45, 2.75) is 33.3 Å². The molecule has 2 aromatic rings. The van der Waals surface area contributed by atoms with Crippen LogP contribution in [-0.4, -0.2) is 19.2 Å². The Bertz CT molecular complexity index is 1200. The van der Waals surface area contributed by atoms with Gasteiger partial charge in [0.25, 0.3) is 0 Å². The molecule has 3 rings (SSSR count). The number of hydrogen-bond acceptors (Lipinski definition) is 7. The van der Waals surface area contributed by atoms with Crippen molar-refractivity contribution in [1.82, 2.24) is 0 Å². The molecule has 9 heteroatoms. The molecule has 34 heavy (non-hydrogen) atoms. The molecule has 1 aliphatic heterocycles. The molecule has 1 unspecified atom stereocenters. The van der Waals surface area contributed by atoms with E-state index in [0.29, 0.717) is 28.7 Å². The molecular formula is C25H24ClIN2O5. The fourth-order valence-electron chi connectivity index (χ4n) is 3.63. The van der Waals surface area contributed by atoms with Gasteiger partial charge in [0.15, 0.2) is 11.5 Å². The van der Waals surface area contributed by atoms with E-state index < -0.39 is 11.9 Å². The molecule has 2 N–H and O–H groups in total. The minimum absolute atomic E-state index is 0.0488. The molecule has 0 saturated heterocycles. The maximum atomic E-state index is 12.8. The highest BCUT2D eigenvalue weighted by Crippen LogP contribution is 2.44. The monoisotopic (exact) mass is 594 g/mol. The predicted octanol–water partition coefficient (Wildman–Crippen LogP) is 5.57. The van der Waals surface area contributed by atoms with Gasteiger partial charge < -0.3 is 24.7 Å². The maximum absolute atomic E-state index is 12.8. The van der Waals surface area contributed by atoms with Crippen molar-refractivity contribution >= 4 is 40.2 Å². The predicted molar refractivity (Wildman–Crippen MR) is 136 cm³/mol. The van der Waals surface area contributed by atoms with Crippen molar-refractivity contribution in [3.8, 4) is 17.6 Å². The van der Waals surface area contributed by atoms with Crippen LogP contribution >= 0.6 is 34.2 Å². The number of nitrogens with zero attached hydrogens (tertiary/aromatic N) is 1. The largest absolute Gasteiger partial charge is 0.490 e. The number of carbonyl (C=O) groups excluding carboxylic acids is 1. The van der Waals surface area contributed by atoms with Crippen molar-refractivity contribution in [3.05, 3.63) is 78.9 Å². The summed E-state index contributed by atoms with van der Waals surface area (Å²) in [5.74, 6) is -0.0739. The van der Waals surface area contributed by atoms with Gasteiger partial charge >= 0.3 is 5.97 Å². The Morgan fingerprint density at radius 1 is 1.24 bits per heavy atom. The smallest absolute Gasteiger partial charge is 0.338 e. The molecule has 0 spiro atoms. The van der Waals surface area contributed by atoms with Crippen LogP contribution in [0, 0.1) is 14.9 Å². The van der Waals surface area contributed by atoms with Gasteiger partial charge in [-0.25, -0.2) is 4.79 Å². The summed E-state index contributed by atoms with van der Waals surface area (Å²) in [6.07, 6.45) is 0. The van der Waals surface area contributed by atoms with Crippen LogP contribution in [0.2, 0.25) is 5.02 Å². The number of benzene rings is 2. The molecule has 0 radical (unpaired) electrons. The Balaban J connectivity index is 2.07. The molecule has 0 amide bonds. The summed E-state index contributed by atoms with van der Waals surface area (Å²) in [6, 6.07) is 13.1. The number of nitriles is 1. The SMILES string of the molecule is CCOC(=O)C1=C(C)OC(N)=C(C#N)C1c1cc(I)c(OCc2cccc(Cl)c2)c(OCC)c1. The van der Waals surface area contributed by atoms with E-state index in [0.717, 1.165) is 9.13 Å². The van der Waals surface area contributed by atoms with Gasteiger partial charge in [-0.2, -0.15) is 5.26 Å². The van der Waals surface area contributed by atoms with Crippen molar-refractivity contribution in [2.24, 2.45) is 5.73 Å². The molecule has 0 aromatic heterocycles. The second-order valence-electron chi connectivity index (χ2n) is 7.30. The molecule has 178 valence electrons. The minimum atomic E-state index is -0.771. The van der Waals surface area contributed by atoms with Gasteiger partial charge in [-0.3, -0.25) is 0 Å². The molecule has 1 heterocycles. The van der Waals surface area contributed by atoms with Crippen LogP contribution in [0.1, 0.15) is 37.8 Å². The standard InChI is InChI=1S/C25H24ClIN2O5/c1-4-31-20-11-16(10-19(27)23(20)33-13-15-7-6-8-17(26)9-15)22-18(12-28)24(29)34-14(3)21(22)25(30)32-5-2/h6-11,22H,4-5,13,29H2,1-3H3. The number of allylic oxidation sites excluding steroid dienone is 2. The van der Waals surface area contributed by atoms with E-state index in [2.05, 4.69) is 28.7 Å². The normalized spacial score (nSPS) is 15.5. The third kappa shape index (κ3) is 5.59. The lowest BCUT2D eigenvalue weighted by molar-refractivity contribution is -0.139. The number of nitrogens with two attached hydrogens (primary N) is 1. The Hall–Kier alpha value is -2.90. The molecule has 1 atom stereocenters. The number of hydrogen-bond donors (Lipinski definition) is 1. The summed E-state index contributed by atoms with van der Waals surface area (Å²) in [4.78, 5) is 12.8. The molecule has 2 aromatic carbocycles. The lowest BCUT2D eigenvalue weighted by Gasteiger charge is -2.27. The van der Waals surface area contributed by atoms with Crippen LogP contribution in [0.3, 0.4) is 0 Å². The molecule has 0 aliphatic carbocycles. The Morgan fingerprint density at radius 2 is 2.00 bits per heavy atom. The molecule has 0 saturated carbocycles. The number of rotatable bonds is 8. The van der Waals surface area contributed by atoms with Gasteiger partial charge in [-0.05, 0) is 78.8 Å². The summed E-state index contributed by atoms with van der Waals surface area (Å²) in [6.45, 7) is 6.06. The number of carbonyl (C=O) groups is 1. The summed E-state index contributed by atoms with van der Waals surface area (Å²) in [5, 5.41) is 10.4. The number of halogens is 2. The van der Waals surface area contributed by atoms with E-state index in [4.69, 9.17) is 36.3 Å². The van der Waals surface area contributed by atoms with Gasteiger partial charge in [0.1, 0.15) is 24.0 Å². The van der Waals surface area contributed by atoms with E-state index in [9.17, 15) is 10.1 Å². The van der Waals surface area contributed by atoms with Gasteiger partial charge in [0, 0.05) is 5.02 Å². The highest BCUT2D eigenvalue weighted by atomic mass is 127. The quantitative estimate of drug-likeness (QED) is 0.315. The Labute approximate surface area is 217 Å². The maximum Gasteiger partial charge on any atom is 0.338 e. The van der Waals surface area contributed by atoms with Crippen molar-refractivity contribution in [3.63, 3.8) is 0 Å². The van der Waals surface area contributed by atoms with Crippen LogP contribution < -0.4 is 15.2 Å². The van der Waals surface area contributed by atoms with Crippen LogP contribution in [0.4, 0.5) is 0 Å². The zero-order chi connectivity index (χ0) is 24.8. The average molecular weight is 595 g/mol. The van der Waals surface area contributed by atoms with E-state index in [-0.39, 0.29) is 36.0 Å². The fraction of sp³-hybridized carbons (Fsp3) is 0.280.